The van der Waals surface area contributed by atoms with Crippen LogP contribution in [0.2, 0.25) is 0 Å². The van der Waals surface area contributed by atoms with Crippen LogP contribution in [0.1, 0.15) is 52.0 Å². The van der Waals surface area contributed by atoms with E-state index in [4.69, 9.17) is 16.8 Å². The number of carbonyl (C=O) groups is 1. The minimum atomic E-state index is -4.35. The van der Waals surface area contributed by atoms with Gasteiger partial charge in [0.05, 0.1) is 21.9 Å². The van der Waals surface area contributed by atoms with E-state index in [1.165, 1.54) is 34.9 Å². The first-order valence-corrected chi connectivity index (χ1v) is 14.4. The van der Waals surface area contributed by atoms with Gasteiger partial charge >= 0.3 is 0 Å². The lowest BCUT2D eigenvalue weighted by Gasteiger charge is -2.16. The van der Waals surface area contributed by atoms with E-state index in [-0.39, 0.29) is 21.9 Å². The molecule has 1 aliphatic rings. The van der Waals surface area contributed by atoms with Gasteiger partial charge in [0.15, 0.2) is 4.77 Å². The van der Waals surface area contributed by atoms with E-state index in [1.807, 2.05) is 13.8 Å². The molecule has 0 radical (unpaired) electrons. The molecule has 0 fully saturated rings. The highest BCUT2D eigenvalue weighted by molar-refractivity contribution is 7.85. The van der Waals surface area contributed by atoms with Crippen LogP contribution in [0.15, 0.2) is 68.9 Å². The molecule has 1 aliphatic heterocycles. The number of amides is 1. The van der Waals surface area contributed by atoms with Gasteiger partial charge in [0, 0.05) is 13.1 Å². The van der Waals surface area contributed by atoms with Crippen molar-refractivity contribution >= 4 is 45.7 Å². The highest BCUT2D eigenvalue weighted by Gasteiger charge is 2.28. The Balaban J connectivity index is 1.83. The van der Waals surface area contributed by atoms with Crippen molar-refractivity contribution in [2.75, 3.05) is 5.01 Å². The highest BCUT2D eigenvalue weighted by Crippen LogP contribution is 2.25. The first-order chi connectivity index (χ1) is 18.5. The number of benzene rings is 1. The summed E-state index contributed by atoms with van der Waals surface area (Å²) in [5.74, 6) is -0.575. The maximum Gasteiger partial charge on any atom is 0.294 e. The Morgan fingerprint density at radius 3 is 2.18 bits per heavy atom. The average molecular weight is 573 g/mol. The van der Waals surface area contributed by atoms with Crippen molar-refractivity contribution < 1.29 is 22.9 Å². The molecule has 1 amide bonds. The average Bonchev–Trinajstić information content (AvgIpc) is 3.18. The van der Waals surface area contributed by atoms with Crippen molar-refractivity contribution in [2.45, 2.75) is 64.4 Å². The third-order valence-corrected chi connectivity index (χ3v) is 7.40. The fourth-order valence-electron chi connectivity index (χ4n) is 3.90. The van der Waals surface area contributed by atoms with Crippen molar-refractivity contribution in [1.82, 2.24) is 9.13 Å². The monoisotopic (exact) mass is 572 g/mol. The Labute approximate surface area is 232 Å². The summed E-state index contributed by atoms with van der Waals surface area (Å²) in [6.45, 7) is 6.71. The number of aromatic hydroxyl groups is 1. The molecule has 0 bridgehead atoms. The van der Waals surface area contributed by atoms with Crippen molar-refractivity contribution in [3.63, 3.8) is 0 Å². The van der Waals surface area contributed by atoms with Gasteiger partial charge in [-0.25, -0.2) is 0 Å². The Bertz CT molecular complexity index is 1580. The molecule has 0 aliphatic carbocycles. The molecular formula is C27H32N4O6S2. The molecule has 10 nitrogen and oxygen atoms in total. The first-order valence-electron chi connectivity index (χ1n) is 12.6. The summed E-state index contributed by atoms with van der Waals surface area (Å²) >= 11 is 5.49. The fourth-order valence-corrected chi connectivity index (χ4v) is 4.73. The lowest BCUT2D eigenvalue weighted by molar-refractivity contribution is -0.114. The molecular weight excluding hydrogens is 540 g/mol. The second kappa shape index (κ2) is 13.0. The van der Waals surface area contributed by atoms with Gasteiger partial charge < -0.3 is 5.11 Å². The van der Waals surface area contributed by atoms with E-state index >= 15 is 0 Å². The molecule has 2 N–H and O–H groups in total. The quantitative estimate of drug-likeness (QED) is 0.170. The number of aromatic nitrogens is 2. The van der Waals surface area contributed by atoms with E-state index in [9.17, 15) is 23.1 Å². The van der Waals surface area contributed by atoms with E-state index in [1.54, 1.807) is 35.8 Å². The zero-order chi connectivity index (χ0) is 28.7. The lowest BCUT2D eigenvalue weighted by Crippen LogP contribution is -2.27. The zero-order valence-electron chi connectivity index (χ0n) is 22.1. The number of nitrogens with zero attached hydrogens (tertiary/aromatic N) is 4. The van der Waals surface area contributed by atoms with Gasteiger partial charge in [-0.2, -0.15) is 18.5 Å². The maximum atomic E-state index is 13.1. The molecule has 208 valence electrons. The molecule has 3 rings (SSSR count). The van der Waals surface area contributed by atoms with Crippen LogP contribution in [0.3, 0.4) is 0 Å². The van der Waals surface area contributed by atoms with E-state index in [2.05, 4.69) is 5.10 Å². The van der Waals surface area contributed by atoms with Gasteiger partial charge in [-0.3, -0.25) is 23.3 Å². The van der Waals surface area contributed by atoms with Gasteiger partial charge in [0.25, 0.3) is 21.6 Å². The zero-order valence-corrected chi connectivity index (χ0v) is 23.7. The molecule has 0 saturated heterocycles. The minimum absolute atomic E-state index is 0.141. The van der Waals surface area contributed by atoms with Gasteiger partial charge in [0.2, 0.25) is 5.88 Å². The van der Waals surface area contributed by atoms with E-state index in [0.717, 1.165) is 30.7 Å². The number of hydrogen-bond acceptors (Lipinski definition) is 7. The Kier molecular flexibility index (Phi) is 9.95. The number of hydrazone groups is 1. The van der Waals surface area contributed by atoms with Crippen LogP contribution < -0.4 is 10.6 Å². The second-order valence-electron chi connectivity index (χ2n) is 8.93. The minimum Gasteiger partial charge on any atom is -0.494 e. The number of hydrogen-bond donors (Lipinski definition) is 2. The molecule has 0 unspecified atom stereocenters. The third-order valence-electron chi connectivity index (χ3n) is 6.09. The molecule has 1 aromatic heterocycles. The summed E-state index contributed by atoms with van der Waals surface area (Å²) in [5, 5.41) is 16.2. The molecule has 0 atom stereocenters. The van der Waals surface area contributed by atoms with Gasteiger partial charge in [0.1, 0.15) is 5.56 Å². The van der Waals surface area contributed by atoms with Crippen LogP contribution in [0.25, 0.3) is 6.08 Å². The number of carbonyl (C=O) groups excluding carboxylic acids is 1. The summed E-state index contributed by atoms with van der Waals surface area (Å²) in [6.07, 6.45) is 11.3. The van der Waals surface area contributed by atoms with Crippen LogP contribution in [0, 0.1) is 4.77 Å². The van der Waals surface area contributed by atoms with Crippen LogP contribution in [0.4, 0.5) is 5.69 Å². The Hall–Kier alpha value is -3.61. The molecule has 1 aromatic carbocycles. The normalized spacial score (nSPS) is 15.3. The third kappa shape index (κ3) is 6.88. The van der Waals surface area contributed by atoms with Crippen LogP contribution in [-0.2, 0) is 28.0 Å². The van der Waals surface area contributed by atoms with Crippen molar-refractivity contribution in [1.29, 1.82) is 0 Å². The molecule has 2 aromatic rings. The summed E-state index contributed by atoms with van der Waals surface area (Å²) in [5.41, 5.74) is 0.919. The van der Waals surface area contributed by atoms with Crippen molar-refractivity contribution in [3.05, 3.63) is 74.8 Å². The van der Waals surface area contributed by atoms with Crippen molar-refractivity contribution in [3.8, 4) is 5.88 Å². The van der Waals surface area contributed by atoms with Crippen LogP contribution >= 0.6 is 12.2 Å². The molecule has 39 heavy (non-hydrogen) atoms. The van der Waals surface area contributed by atoms with Gasteiger partial charge in [-0.1, -0.05) is 44.9 Å². The predicted molar refractivity (Wildman–Crippen MR) is 154 cm³/mol. The smallest absolute Gasteiger partial charge is 0.294 e. The molecule has 0 spiro atoms. The summed E-state index contributed by atoms with van der Waals surface area (Å²) < 4.78 is 35.1. The SMILES string of the molecule is CCCCn1c(O)c(/C=C/C=C/C=C2/C(=O)N(c3ccc(S(=O)(=O)O)cc3)N=C2C)c(=O)n(CCCC)c1=S. The number of rotatable bonds is 11. The molecule has 2 heterocycles. The summed E-state index contributed by atoms with van der Waals surface area (Å²) in [7, 11) is -4.35. The summed E-state index contributed by atoms with van der Waals surface area (Å²) in [4.78, 5) is 25.7. The van der Waals surface area contributed by atoms with Gasteiger partial charge in [-0.05, 0) is 68.4 Å². The Morgan fingerprint density at radius 2 is 1.59 bits per heavy atom. The summed E-state index contributed by atoms with van der Waals surface area (Å²) in [6, 6.07) is 5.12. The molecule has 12 heteroatoms. The highest BCUT2D eigenvalue weighted by atomic mass is 32.2. The number of unbranched alkanes of at least 4 members (excludes halogenated alkanes) is 2. The molecule has 0 saturated carbocycles. The Morgan fingerprint density at radius 1 is 0.974 bits per heavy atom. The largest absolute Gasteiger partial charge is 0.494 e. The maximum absolute atomic E-state index is 13.1. The lowest BCUT2D eigenvalue weighted by atomic mass is 10.1. The topological polar surface area (TPSA) is 134 Å². The van der Waals surface area contributed by atoms with E-state index < -0.39 is 16.0 Å². The standard InChI is InChI=1S/C27H32N4O6S2/c1-4-6-17-29-24(32)23(25(33)30(27(29)38)18-7-5-2)12-10-8-9-11-22-19(3)28-31(26(22)34)20-13-15-21(16-14-20)39(35,36)37/h8-16,32H,4-7,17-18H2,1-3H3,(H,35,36,37)/b9-8+,12-10+,22-11+. The van der Waals surface area contributed by atoms with Crippen molar-refractivity contribution in [2.24, 2.45) is 5.10 Å². The van der Waals surface area contributed by atoms with Crippen LogP contribution in [0.5, 0.6) is 5.88 Å². The van der Waals surface area contributed by atoms with E-state index in [0.29, 0.717) is 34.8 Å². The first kappa shape index (κ1) is 29.9. The number of anilines is 1. The second-order valence-corrected chi connectivity index (χ2v) is 10.7. The van der Waals surface area contributed by atoms with Gasteiger partial charge in [-0.15, -0.1) is 0 Å². The van der Waals surface area contributed by atoms with Crippen LogP contribution in [-0.4, -0.2) is 38.8 Å². The number of allylic oxidation sites excluding steroid dienone is 4. The fraction of sp³-hybridized carbons (Fsp3) is 0.333. The predicted octanol–water partition coefficient (Wildman–Crippen LogP) is 4.85.